The summed E-state index contributed by atoms with van der Waals surface area (Å²) in [6.07, 6.45) is 7.72. The van der Waals surface area contributed by atoms with Crippen molar-refractivity contribution < 1.29 is 0 Å². The number of para-hydroxylation sites is 1. The Bertz CT molecular complexity index is 737. The van der Waals surface area contributed by atoms with Gasteiger partial charge in [-0.2, -0.15) is 5.10 Å². The fraction of sp³-hybridized carbons (Fsp3) is 0.400. The first-order valence-electron chi connectivity index (χ1n) is 7.33. The van der Waals surface area contributed by atoms with E-state index in [1.165, 1.54) is 10.9 Å². The van der Waals surface area contributed by atoms with Crippen LogP contribution in [0.5, 0.6) is 0 Å². The van der Waals surface area contributed by atoms with Crippen molar-refractivity contribution in [3.8, 4) is 5.69 Å². The second kappa shape index (κ2) is 4.96. The van der Waals surface area contributed by atoms with E-state index in [1.54, 1.807) is 12.7 Å². The molecule has 2 aromatic heterocycles. The summed E-state index contributed by atoms with van der Waals surface area (Å²) in [5.74, 6) is 0. The fourth-order valence-electron chi connectivity index (χ4n) is 3.13. The van der Waals surface area contributed by atoms with E-state index in [2.05, 4.69) is 50.1 Å². The number of fused-ring (bicyclic) bond motifs is 1. The summed E-state index contributed by atoms with van der Waals surface area (Å²) in [5, 5.41) is 13.7. The van der Waals surface area contributed by atoms with Crippen LogP contribution in [0.3, 0.4) is 0 Å². The van der Waals surface area contributed by atoms with Crippen molar-refractivity contribution in [1.82, 2.24) is 29.4 Å². The molecule has 0 spiro atoms. The van der Waals surface area contributed by atoms with Gasteiger partial charge in [-0.3, -0.25) is 9.25 Å². The first kappa shape index (κ1) is 12.5. The first-order chi connectivity index (χ1) is 10.3. The van der Waals surface area contributed by atoms with Crippen LogP contribution in [0.25, 0.3) is 16.6 Å². The molecule has 4 rings (SSSR count). The lowest BCUT2D eigenvalue weighted by atomic mass is 10.1. The van der Waals surface area contributed by atoms with E-state index in [0.717, 1.165) is 31.6 Å². The minimum absolute atomic E-state index is 0.469. The number of likely N-dealkylation sites (tertiary alicyclic amines) is 1. The van der Waals surface area contributed by atoms with Crippen LogP contribution in [0.15, 0.2) is 37.1 Å². The summed E-state index contributed by atoms with van der Waals surface area (Å²) in [6.45, 7) is 2.25. The largest absolute Gasteiger partial charge is 0.306 e. The number of hydrogen-bond donors (Lipinski definition) is 0. The highest BCUT2D eigenvalue weighted by molar-refractivity contribution is 5.86. The van der Waals surface area contributed by atoms with Gasteiger partial charge >= 0.3 is 0 Å². The molecule has 108 valence electrons. The molecule has 21 heavy (non-hydrogen) atoms. The van der Waals surface area contributed by atoms with E-state index >= 15 is 0 Å². The Morgan fingerprint density at radius 3 is 2.62 bits per heavy atom. The molecule has 0 amide bonds. The molecule has 1 aliphatic rings. The average molecular weight is 282 g/mol. The van der Waals surface area contributed by atoms with Gasteiger partial charge in [0.25, 0.3) is 0 Å². The Kier molecular flexibility index (Phi) is 2.96. The lowest BCUT2D eigenvalue weighted by molar-refractivity contribution is 0.215. The second-order valence-corrected chi connectivity index (χ2v) is 5.71. The van der Waals surface area contributed by atoms with Crippen molar-refractivity contribution in [2.45, 2.75) is 18.9 Å². The zero-order valence-electron chi connectivity index (χ0n) is 12.1. The van der Waals surface area contributed by atoms with Gasteiger partial charge in [-0.05, 0) is 39.0 Å². The smallest absolute Gasteiger partial charge is 0.123 e. The molecular weight excluding hydrogens is 264 g/mol. The Balaban J connectivity index is 1.83. The highest BCUT2D eigenvalue weighted by Crippen LogP contribution is 2.29. The van der Waals surface area contributed by atoms with Gasteiger partial charge in [0.1, 0.15) is 12.7 Å². The van der Waals surface area contributed by atoms with E-state index in [9.17, 15) is 0 Å². The summed E-state index contributed by atoms with van der Waals surface area (Å²) in [4.78, 5) is 2.38. The van der Waals surface area contributed by atoms with Crippen molar-refractivity contribution in [2.24, 2.45) is 0 Å². The molecular formula is C15H18N6. The predicted octanol–water partition coefficient (Wildman–Crippen LogP) is 1.88. The molecule has 0 radical (unpaired) electrons. The molecule has 1 saturated heterocycles. The van der Waals surface area contributed by atoms with Gasteiger partial charge in [0.15, 0.2) is 0 Å². The standard InChI is InChI=1S/C15H18N6/c1-19-7-5-13(6-8-19)21-15-12(9-18-21)3-2-4-14(15)20-10-16-17-11-20/h2-4,9-11,13H,5-8H2,1H3. The van der Waals surface area contributed by atoms with Crippen molar-refractivity contribution in [3.63, 3.8) is 0 Å². The number of aromatic nitrogens is 5. The molecule has 1 aliphatic heterocycles. The summed E-state index contributed by atoms with van der Waals surface area (Å²) in [5.41, 5.74) is 2.26. The van der Waals surface area contributed by atoms with Crippen LogP contribution in [0.1, 0.15) is 18.9 Å². The molecule has 3 aromatic rings. The molecule has 6 heteroatoms. The quantitative estimate of drug-likeness (QED) is 0.720. The maximum Gasteiger partial charge on any atom is 0.123 e. The third kappa shape index (κ3) is 2.12. The Morgan fingerprint density at radius 2 is 1.86 bits per heavy atom. The maximum absolute atomic E-state index is 4.66. The number of benzene rings is 1. The molecule has 1 aromatic carbocycles. The van der Waals surface area contributed by atoms with Gasteiger partial charge < -0.3 is 4.90 Å². The third-order valence-corrected chi connectivity index (χ3v) is 4.33. The van der Waals surface area contributed by atoms with Crippen molar-refractivity contribution in [1.29, 1.82) is 0 Å². The summed E-state index contributed by atoms with van der Waals surface area (Å²) >= 11 is 0. The molecule has 0 saturated carbocycles. The SMILES string of the molecule is CN1CCC(n2ncc3cccc(-n4cnnc4)c32)CC1. The van der Waals surface area contributed by atoms with E-state index in [0.29, 0.717) is 6.04 Å². The van der Waals surface area contributed by atoms with E-state index in [1.807, 2.05) is 10.8 Å². The highest BCUT2D eigenvalue weighted by atomic mass is 15.3. The molecule has 0 unspecified atom stereocenters. The maximum atomic E-state index is 4.66. The Morgan fingerprint density at radius 1 is 1.10 bits per heavy atom. The lowest BCUT2D eigenvalue weighted by Gasteiger charge is -2.29. The van der Waals surface area contributed by atoms with Crippen molar-refractivity contribution in [2.75, 3.05) is 20.1 Å². The van der Waals surface area contributed by atoms with Crippen molar-refractivity contribution >= 4 is 10.9 Å². The normalized spacial score (nSPS) is 17.6. The average Bonchev–Trinajstić information content (AvgIpc) is 3.17. The van der Waals surface area contributed by atoms with Crippen LogP contribution < -0.4 is 0 Å². The summed E-state index contributed by atoms with van der Waals surface area (Å²) in [7, 11) is 2.18. The van der Waals surface area contributed by atoms with Gasteiger partial charge in [0.05, 0.1) is 23.4 Å². The third-order valence-electron chi connectivity index (χ3n) is 4.33. The zero-order chi connectivity index (χ0) is 14.2. The molecule has 6 nitrogen and oxygen atoms in total. The van der Waals surface area contributed by atoms with Crippen molar-refractivity contribution in [3.05, 3.63) is 37.1 Å². The van der Waals surface area contributed by atoms with Crippen LogP contribution in [0.2, 0.25) is 0 Å². The molecule has 1 fully saturated rings. The van der Waals surface area contributed by atoms with Crippen LogP contribution >= 0.6 is 0 Å². The minimum atomic E-state index is 0.469. The number of rotatable bonds is 2. The van der Waals surface area contributed by atoms with E-state index in [-0.39, 0.29) is 0 Å². The lowest BCUT2D eigenvalue weighted by Crippen LogP contribution is -2.31. The number of hydrogen-bond acceptors (Lipinski definition) is 4. The van der Waals surface area contributed by atoms with Crippen LogP contribution in [-0.2, 0) is 0 Å². The van der Waals surface area contributed by atoms with Crippen LogP contribution in [-0.4, -0.2) is 49.6 Å². The molecule has 0 bridgehead atoms. The number of piperidine rings is 1. The topological polar surface area (TPSA) is 51.8 Å². The van der Waals surface area contributed by atoms with Gasteiger partial charge in [0, 0.05) is 5.39 Å². The van der Waals surface area contributed by atoms with E-state index in [4.69, 9.17) is 0 Å². The van der Waals surface area contributed by atoms with Gasteiger partial charge in [-0.25, -0.2) is 0 Å². The van der Waals surface area contributed by atoms with Gasteiger partial charge in [-0.1, -0.05) is 12.1 Å². The summed E-state index contributed by atoms with van der Waals surface area (Å²) in [6, 6.07) is 6.73. The number of nitrogens with zero attached hydrogens (tertiary/aromatic N) is 6. The first-order valence-corrected chi connectivity index (χ1v) is 7.33. The van der Waals surface area contributed by atoms with Gasteiger partial charge in [-0.15, -0.1) is 10.2 Å². The minimum Gasteiger partial charge on any atom is -0.306 e. The molecule has 0 N–H and O–H groups in total. The fourth-order valence-corrected chi connectivity index (χ4v) is 3.13. The second-order valence-electron chi connectivity index (χ2n) is 5.71. The van der Waals surface area contributed by atoms with Crippen LogP contribution in [0.4, 0.5) is 0 Å². The van der Waals surface area contributed by atoms with E-state index < -0.39 is 0 Å². The monoisotopic (exact) mass is 282 g/mol. The Hall–Kier alpha value is -2.21. The molecule has 0 aliphatic carbocycles. The zero-order valence-corrected chi connectivity index (χ0v) is 12.1. The molecule has 0 atom stereocenters. The molecule has 3 heterocycles. The predicted molar refractivity (Wildman–Crippen MR) is 80.4 cm³/mol. The summed E-state index contributed by atoms with van der Waals surface area (Å²) < 4.78 is 4.15. The van der Waals surface area contributed by atoms with Crippen LogP contribution in [0, 0.1) is 0 Å². The van der Waals surface area contributed by atoms with Gasteiger partial charge in [0.2, 0.25) is 0 Å². The Labute approximate surface area is 123 Å². The highest BCUT2D eigenvalue weighted by Gasteiger charge is 2.21.